The van der Waals surface area contributed by atoms with Crippen molar-refractivity contribution in [3.05, 3.63) is 29.3 Å². The van der Waals surface area contributed by atoms with Gasteiger partial charge in [-0.1, -0.05) is 0 Å². The number of aliphatic hydroxyl groups is 1. The Morgan fingerprint density at radius 1 is 1.43 bits per heavy atom. The molecule has 5 heteroatoms. The Balaban J connectivity index is 3.13. The Morgan fingerprint density at radius 2 is 2.07 bits per heavy atom. The van der Waals surface area contributed by atoms with E-state index in [1.165, 1.54) is 12.1 Å². The molecule has 14 heavy (non-hydrogen) atoms. The predicted molar refractivity (Wildman–Crippen MR) is 49.1 cm³/mol. The standard InChI is InChI=1S/C9H11NO4/c10-8(4-11)5-1-6(9(13)14)3-7(12)2-5/h1-3,8,11-12H,4,10H2,(H,13,14)/t8-/m0/s1. The molecule has 0 fully saturated rings. The Bertz CT molecular complexity index is 351. The fourth-order valence-electron chi connectivity index (χ4n) is 1.08. The zero-order valence-corrected chi connectivity index (χ0v) is 7.34. The van der Waals surface area contributed by atoms with Crippen LogP contribution in [0.5, 0.6) is 5.75 Å². The monoisotopic (exact) mass is 197 g/mol. The molecule has 0 spiro atoms. The number of phenolic OH excluding ortho intramolecular Hbond substituents is 1. The molecule has 1 rings (SSSR count). The summed E-state index contributed by atoms with van der Waals surface area (Å²) in [6.45, 7) is -0.303. The first-order chi connectivity index (χ1) is 6.54. The van der Waals surface area contributed by atoms with Gasteiger partial charge in [0.05, 0.1) is 18.2 Å². The lowest BCUT2D eigenvalue weighted by molar-refractivity contribution is 0.0696. The zero-order chi connectivity index (χ0) is 10.7. The molecule has 0 aliphatic rings. The van der Waals surface area contributed by atoms with E-state index in [0.717, 1.165) is 6.07 Å². The van der Waals surface area contributed by atoms with Crippen LogP contribution in [0, 0.1) is 0 Å². The zero-order valence-electron chi connectivity index (χ0n) is 7.34. The number of aromatic carboxylic acids is 1. The summed E-state index contributed by atoms with van der Waals surface area (Å²) >= 11 is 0. The third-order valence-corrected chi connectivity index (χ3v) is 1.81. The summed E-state index contributed by atoms with van der Waals surface area (Å²) in [6.07, 6.45) is 0. The molecule has 5 N–H and O–H groups in total. The second kappa shape index (κ2) is 4.08. The predicted octanol–water partition coefficient (Wildman–Crippen LogP) is 0.0825. The molecule has 0 amide bonds. The number of carbonyl (C=O) groups is 1. The molecule has 0 saturated carbocycles. The minimum Gasteiger partial charge on any atom is -0.508 e. The van der Waals surface area contributed by atoms with Crippen molar-refractivity contribution in [3.8, 4) is 5.75 Å². The third-order valence-electron chi connectivity index (χ3n) is 1.81. The van der Waals surface area contributed by atoms with Crippen molar-refractivity contribution >= 4 is 5.97 Å². The number of phenols is 1. The van der Waals surface area contributed by atoms with Gasteiger partial charge in [0.15, 0.2) is 0 Å². The molecular formula is C9H11NO4. The quantitative estimate of drug-likeness (QED) is 0.549. The lowest BCUT2D eigenvalue weighted by atomic mass is 10.0. The SMILES string of the molecule is N[C@@H](CO)c1cc(O)cc(C(=O)O)c1. The van der Waals surface area contributed by atoms with E-state index in [1.807, 2.05) is 0 Å². The van der Waals surface area contributed by atoms with Crippen molar-refractivity contribution in [2.75, 3.05) is 6.61 Å². The maximum Gasteiger partial charge on any atom is 0.335 e. The highest BCUT2D eigenvalue weighted by Gasteiger charge is 2.10. The van der Waals surface area contributed by atoms with Gasteiger partial charge in [-0.15, -0.1) is 0 Å². The van der Waals surface area contributed by atoms with Crippen LogP contribution >= 0.6 is 0 Å². The highest BCUT2D eigenvalue weighted by atomic mass is 16.4. The molecule has 76 valence electrons. The molecule has 0 saturated heterocycles. The van der Waals surface area contributed by atoms with Gasteiger partial charge in [-0.3, -0.25) is 0 Å². The maximum atomic E-state index is 10.6. The van der Waals surface area contributed by atoms with Crippen LogP contribution in [0.3, 0.4) is 0 Å². The summed E-state index contributed by atoms with van der Waals surface area (Å²) in [6, 6.07) is 3.09. The average molecular weight is 197 g/mol. The lowest BCUT2D eigenvalue weighted by Crippen LogP contribution is -2.15. The normalized spacial score (nSPS) is 12.4. The van der Waals surface area contributed by atoms with Crippen LogP contribution in [-0.2, 0) is 0 Å². The molecule has 0 aliphatic heterocycles. The van der Waals surface area contributed by atoms with Gasteiger partial charge in [-0.25, -0.2) is 4.79 Å². The fourth-order valence-corrected chi connectivity index (χ4v) is 1.08. The number of benzene rings is 1. The van der Waals surface area contributed by atoms with Crippen molar-refractivity contribution in [1.82, 2.24) is 0 Å². The van der Waals surface area contributed by atoms with Gasteiger partial charge in [0.25, 0.3) is 0 Å². The first kappa shape index (κ1) is 10.5. The first-order valence-electron chi connectivity index (χ1n) is 3.98. The van der Waals surface area contributed by atoms with Crippen molar-refractivity contribution in [3.63, 3.8) is 0 Å². The van der Waals surface area contributed by atoms with Crippen LogP contribution in [0.2, 0.25) is 0 Å². The van der Waals surface area contributed by atoms with Gasteiger partial charge >= 0.3 is 5.97 Å². The molecule has 1 aromatic carbocycles. The van der Waals surface area contributed by atoms with E-state index in [4.69, 9.17) is 15.9 Å². The summed E-state index contributed by atoms with van der Waals surface area (Å²) in [5.74, 6) is -1.32. The molecule has 0 aromatic heterocycles. The number of rotatable bonds is 3. The molecule has 0 aliphatic carbocycles. The molecule has 0 radical (unpaired) electrons. The molecule has 0 unspecified atom stereocenters. The number of nitrogens with two attached hydrogens (primary N) is 1. The van der Waals surface area contributed by atoms with Crippen LogP contribution in [0.4, 0.5) is 0 Å². The molecular weight excluding hydrogens is 186 g/mol. The van der Waals surface area contributed by atoms with E-state index in [2.05, 4.69) is 0 Å². The molecule has 0 heterocycles. The van der Waals surface area contributed by atoms with Gasteiger partial charge in [0.2, 0.25) is 0 Å². The van der Waals surface area contributed by atoms with E-state index in [-0.39, 0.29) is 17.9 Å². The second-order valence-corrected chi connectivity index (χ2v) is 2.91. The second-order valence-electron chi connectivity index (χ2n) is 2.91. The third kappa shape index (κ3) is 2.21. The number of hydrogen-bond acceptors (Lipinski definition) is 4. The molecule has 1 atom stereocenters. The highest BCUT2D eigenvalue weighted by Crippen LogP contribution is 2.19. The van der Waals surface area contributed by atoms with Crippen molar-refractivity contribution < 1.29 is 20.1 Å². The van der Waals surface area contributed by atoms with Crippen molar-refractivity contribution in [2.45, 2.75) is 6.04 Å². The van der Waals surface area contributed by atoms with Crippen LogP contribution in [0.25, 0.3) is 0 Å². The Kier molecular flexibility index (Phi) is 3.06. The van der Waals surface area contributed by atoms with E-state index in [9.17, 15) is 9.90 Å². The average Bonchev–Trinajstić information content (AvgIpc) is 2.15. The van der Waals surface area contributed by atoms with E-state index in [1.54, 1.807) is 0 Å². The summed E-state index contributed by atoms with van der Waals surface area (Å²) in [4.78, 5) is 10.6. The highest BCUT2D eigenvalue weighted by molar-refractivity contribution is 5.88. The van der Waals surface area contributed by atoms with Gasteiger partial charge < -0.3 is 21.1 Å². The summed E-state index contributed by atoms with van der Waals surface area (Å²) in [5, 5.41) is 26.6. The fraction of sp³-hybridized carbons (Fsp3) is 0.222. The summed E-state index contributed by atoms with van der Waals surface area (Å²) in [5.41, 5.74) is 5.82. The minimum atomic E-state index is -1.15. The van der Waals surface area contributed by atoms with E-state index in [0.29, 0.717) is 5.56 Å². The minimum absolute atomic E-state index is 0.0519. The van der Waals surface area contributed by atoms with Crippen molar-refractivity contribution in [2.24, 2.45) is 5.73 Å². The smallest absolute Gasteiger partial charge is 0.335 e. The van der Waals surface area contributed by atoms with Crippen LogP contribution < -0.4 is 5.73 Å². The van der Waals surface area contributed by atoms with Gasteiger partial charge in [-0.05, 0) is 23.8 Å². The number of hydrogen-bond donors (Lipinski definition) is 4. The van der Waals surface area contributed by atoms with Crippen molar-refractivity contribution in [1.29, 1.82) is 0 Å². The number of carboxylic acids is 1. The van der Waals surface area contributed by atoms with Gasteiger partial charge in [0.1, 0.15) is 5.75 Å². The van der Waals surface area contributed by atoms with Crippen LogP contribution in [0.1, 0.15) is 22.0 Å². The first-order valence-corrected chi connectivity index (χ1v) is 3.98. The molecule has 1 aromatic rings. The number of aromatic hydroxyl groups is 1. The Labute approximate surface area is 80.4 Å². The Hall–Kier alpha value is -1.59. The lowest BCUT2D eigenvalue weighted by Gasteiger charge is -2.09. The summed E-state index contributed by atoms with van der Waals surface area (Å²) in [7, 11) is 0. The Morgan fingerprint density at radius 3 is 2.57 bits per heavy atom. The molecule has 0 bridgehead atoms. The topological polar surface area (TPSA) is 104 Å². The number of carboxylic acid groups (broad SMARTS) is 1. The number of aliphatic hydroxyl groups excluding tert-OH is 1. The van der Waals surface area contributed by atoms with E-state index >= 15 is 0 Å². The molecule has 5 nitrogen and oxygen atoms in total. The van der Waals surface area contributed by atoms with Gasteiger partial charge in [0, 0.05) is 0 Å². The van der Waals surface area contributed by atoms with E-state index < -0.39 is 12.0 Å². The maximum absolute atomic E-state index is 10.6. The van der Waals surface area contributed by atoms with Crippen LogP contribution in [-0.4, -0.2) is 27.9 Å². The largest absolute Gasteiger partial charge is 0.508 e. The van der Waals surface area contributed by atoms with Gasteiger partial charge in [-0.2, -0.15) is 0 Å². The van der Waals surface area contributed by atoms with Crippen LogP contribution in [0.15, 0.2) is 18.2 Å². The summed E-state index contributed by atoms with van der Waals surface area (Å²) < 4.78 is 0.